The summed E-state index contributed by atoms with van der Waals surface area (Å²) in [5, 5.41) is 2.91. The number of para-hydroxylation sites is 1. The molecule has 130 valence electrons. The van der Waals surface area contributed by atoms with Gasteiger partial charge in [-0.25, -0.2) is 0 Å². The third-order valence-electron chi connectivity index (χ3n) is 4.80. The Hall–Kier alpha value is -1.69. The fourth-order valence-corrected chi connectivity index (χ4v) is 4.92. The lowest BCUT2D eigenvalue weighted by Crippen LogP contribution is -2.50. The first-order chi connectivity index (χ1) is 11.4. The molecule has 2 atom stereocenters. The SMILES string of the molecule is Cc1cccc(C)c1OCCNC(=O)C1CSC2(C)CCC(=O)N12. The minimum Gasteiger partial charge on any atom is -0.491 e. The van der Waals surface area contributed by atoms with Gasteiger partial charge in [-0.15, -0.1) is 11.8 Å². The highest BCUT2D eigenvalue weighted by Gasteiger charge is 2.52. The standard InChI is InChI=1S/C18H24N2O3S/c1-12-5-4-6-13(2)16(12)23-10-9-19-17(22)14-11-24-18(3)8-7-15(21)20(14)18/h4-6,14H,7-11H2,1-3H3,(H,19,22). The summed E-state index contributed by atoms with van der Waals surface area (Å²) in [4.78, 5) is 26.1. The molecule has 24 heavy (non-hydrogen) atoms. The number of aryl methyl sites for hydroxylation is 2. The number of rotatable bonds is 5. The molecule has 5 nitrogen and oxygen atoms in total. The van der Waals surface area contributed by atoms with E-state index < -0.39 is 0 Å². The first-order valence-electron chi connectivity index (χ1n) is 8.35. The quantitative estimate of drug-likeness (QED) is 0.829. The summed E-state index contributed by atoms with van der Waals surface area (Å²) in [7, 11) is 0. The second-order valence-corrected chi connectivity index (χ2v) is 8.13. The van der Waals surface area contributed by atoms with E-state index in [1.54, 1.807) is 16.7 Å². The molecule has 2 saturated heterocycles. The molecule has 0 aromatic heterocycles. The molecule has 2 aliphatic heterocycles. The van der Waals surface area contributed by atoms with Gasteiger partial charge in [-0.05, 0) is 38.3 Å². The fourth-order valence-electron chi connectivity index (χ4n) is 3.49. The Kier molecular flexibility index (Phi) is 4.76. The lowest BCUT2D eigenvalue weighted by molar-refractivity contribution is -0.137. The van der Waals surface area contributed by atoms with Crippen LogP contribution in [0.3, 0.4) is 0 Å². The van der Waals surface area contributed by atoms with Gasteiger partial charge in [0.05, 0.1) is 11.4 Å². The van der Waals surface area contributed by atoms with E-state index in [1.807, 2.05) is 32.0 Å². The van der Waals surface area contributed by atoms with Crippen LogP contribution in [0.1, 0.15) is 30.9 Å². The van der Waals surface area contributed by atoms with E-state index in [4.69, 9.17) is 4.74 Å². The highest BCUT2D eigenvalue weighted by atomic mass is 32.2. The maximum absolute atomic E-state index is 12.4. The van der Waals surface area contributed by atoms with Gasteiger partial charge in [0.15, 0.2) is 0 Å². The van der Waals surface area contributed by atoms with Crippen LogP contribution in [-0.4, -0.2) is 46.5 Å². The van der Waals surface area contributed by atoms with Gasteiger partial charge in [0, 0.05) is 12.2 Å². The first kappa shape index (κ1) is 17.1. The number of nitrogens with zero attached hydrogens (tertiary/aromatic N) is 1. The van der Waals surface area contributed by atoms with Crippen molar-refractivity contribution in [2.75, 3.05) is 18.9 Å². The highest BCUT2D eigenvalue weighted by Crippen LogP contribution is 2.47. The molecule has 6 heteroatoms. The first-order valence-corrected chi connectivity index (χ1v) is 9.34. The molecule has 2 unspecified atom stereocenters. The number of carbonyl (C=O) groups is 2. The third-order valence-corrected chi connectivity index (χ3v) is 6.31. The van der Waals surface area contributed by atoms with Gasteiger partial charge in [-0.2, -0.15) is 0 Å². The van der Waals surface area contributed by atoms with Crippen LogP contribution < -0.4 is 10.1 Å². The summed E-state index contributed by atoms with van der Waals surface area (Å²) in [6.45, 7) is 6.93. The minimum absolute atomic E-state index is 0.0772. The maximum atomic E-state index is 12.4. The van der Waals surface area contributed by atoms with Crippen molar-refractivity contribution in [1.82, 2.24) is 10.2 Å². The van der Waals surface area contributed by atoms with E-state index in [2.05, 4.69) is 12.2 Å². The molecule has 0 radical (unpaired) electrons. The summed E-state index contributed by atoms with van der Waals surface area (Å²) in [5.41, 5.74) is 2.18. The largest absolute Gasteiger partial charge is 0.491 e. The van der Waals surface area contributed by atoms with E-state index in [9.17, 15) is 9.59 Å². The molecule has 2 heterocycles. The number of thioether (sulfide) groups is 1. The van der Waals surface area contributed by atoms with Gasteiger partial charge >= 0.3 is 0 Å². The van der Waals surface area contributed by atoms with E-state index in [0.717, 1.165) is 23.3 Å². The van der Waals surface area contributed by atoms with Crippen molar-refractivity contribution in [2.24, 2.45) is 0 Å². The number of fused-ring (bicyclic) bond motifs is 1. The van der Waals surface area contributed by atoms with Gasteiger partial charge in [-0.1, -0.05) is 18.2 Å². The van der Waals surface area contributed by atoms with E-state index >= 15 is 0 Å². The Bertz CT molecular complexity index is 643. The van der Waals surface area contributed by atoms with Gasteiger partial charge in [0.1, 0.15) is 18.4 Å². The summed E-state index contributed by atoms with van der Waals surface area (Å²) in [6.07, 6.45) is 1.37. The molecule has 2 aliphatic rings. The van der Waals surface area contributed by atoms with Crippen LogP contribution >= 0.6 is 11.8 Å². The Morgan fingerprint density at radius 3 is 2.83 bits per heavy atom. The second kappa shape index (κ2) is 6.67. The van der Waals surface area contributed by atoms with Gasteiger partial charge in [0.25, 0.3) is 0 Å². The molecule has 1 aromatic rings. The monoisotopic (exact) mass is 348 g/mol. The van der Waals surface area contributed by atoms with E-state index in [1.165, 1.54) is 0 Å². The number of amides is 2. The van der Waals surface area contributed by atoms with Crippen molar-refractivity contribution in [2.45, 2.75) is 44.5 Å². The lowest BCUT2D eigenvalue weighted by atomic mass is 10.1. The summed E-state index contributed by atoms with van der Waals surface area (Å²) in [6, 6.07) is 5.67. The van der Waals surface area contributed by atoms with Crippen LogP contribution in [0.25, 0.3) is 0 Å². The highest BCUT2D eigenvalue weighted by molar-refractivity contribution is 8.01. The van der Waals surface area contributed by atoms with Crippen molar-refractivity contribution in [3.63, 3.8) is 0 Å². The van der Waals surface area contributed by atoms with Crippen molar-refractivity contribution < 1.29 is 14.3 Å². The normalized spacial score (nSPS) is 25.7. The lowest BCUT2D eigenvalue weighted by Gasteiger charge is -2.29. The molecule has 3 rings (SSSR count). The topological polar surface area (TPSA) is 58.6 Å². The van der Waals surface area contributed by atoms with E-state index in [0.29, 0.717) is 25.3 Å². The number of nitrogens with one attached hydrogen (secondary N) is 1. The van der Waals surface area contributed by atoms with Crippen molar-refractivity contribution >= 4 is 23.6 Å². The molecular weight excluding hydrogens is 324 g/mol. The molecule has 1 N–H and O–H groups in total. The number of benzene rings is 1. The zero-order valence-electron chi connectivity index (χ0n) is 14.4. The van der Waals surface area contributed by atoms with E-state index in [-0.39, 0.29) is 22.7 Å². The second-order valence-electron chi connectivity index (χ2n) is 6.63. The third kappa shape index (κ3) is 3.11. The molecule has 0 aliphatic carbocycles. The van der Waals surface area contributed by atoms with Gasteiger partial charge in [-0.3, -0.25) is 9.59 Å². The predicted molar refractivity (Wildman–Crippen MR) is 95.2 cm³/mol. The Morgan fingerprint density at radius 1 is 1.42 bits per heavy atom. The summed E-state index contributed by atoms with van der Waals surface area (Å²) >= 11 is 1.71. The molecule has 0 saturated carbocycles. The average molecular weight is 348 g/mol. The summed E-state index contributed by atoms with van der Waals surface area (Å²) < 4.78 is 5.81. The number of hydrogen-bond acceptors (Lipinski definition) is 4. The van der Waals surface area contributed by atoms with Crippen LogP contribution in [0.5, 0.6) is 5.75 Å². The van der Waals surface area contributed by atoms with Crippen LogP contribution in [0.4, 0.5) is 0 Å². The van der Waals surface area contributed by atoms with Crippen molar-refractivity contribution in [3.8, 4) is 5.75 Å². The molecule has 2 fully saturated rings. The minimum atomic E-state index is -0.352. The van der Waals surface area contributed by atoms with Crippen LogP contribution in [0.15, 0.2) is 18.2 Å². The van der Waals surface area contributed by atoms with Crippen LogP contribution in [-0.2, 0) is 9.59 Å². The Balaban J connectivity index is 1.51. The maximum Gasteiger partial charge on any atom is 0.243 e. The number of ether oxygens (including phenoxy) is 1. The molecule has 1 aromatic carbocycles. The van der Waals surface area contributed by atoms with Crippen molar-refractivity contribution in [1.29, 1.82) is 0 Å². The number of hydrogen-bond donors (Lipinski definition) is 1. The van der Waals surface area contributed by atoms with Gasteiger partial charge in [0.2, 0.25) is 11.8 Å². The Morgan fingerprint density at radius 2 is 2.12 bits per heavy atom. The Labute approximate surface area is 147 Å². The predicted octanol–water partition coefficient (Wildman–Crippen LogP) is 2.25. The molecular formula is C18H24N2O3S. The smallest absolute Gasteiger partial charge is 0.243 e. The zero-order chi connectivity index (χ0) is 17.3. The molecule has 2 amide bonds. The van der Waals surface area contributed by atoms with Gasteiger partial charge < -0.3 is 15.0 Å². The number of carbonyl (C=O) groups excluding carboxylic acids is 2. The van der Waals surface area contributed by atoms with Crippen LogP contribution in [0.2, 0.25) is 0 Å². The molecule has 0 spiro atoms. The van der Waals surface area contributed by atoms with Crippen molar-refractivity contribution in [3.05, 3.63) is 29.3 Å². The average Bonchev–Trinajstić information content (AvgIpc) is 3.03. The van der Waals surface area contributed by atoms with Crippen LogP contribution in [0, 0.1) is 13.8 Å². The molecule has 0 bridgehead atoms. The zero-order valence-corrected chi connectivity index (χ0v) is 15.2. The summed E-state index contributed by atoms with van der Waals surface area (Å²) in [5.74, 6) is 1.57. The fraction of sp³-hybridized carbons (Fsp3) is 0.556.